The number of pyridine rings is 1. The first-order valence-electron chi connectivity index (χ1n) is 9.74. The Labute approximate surface area is 175 Å². The van der Waals surface area contributed by atoms with Gasteiger partial charge in [0, 0.05) is 23.5 Å². The first kappa shape index (κ1) is 21.2. The molecular weight excluding hydrogens is 382 g/mol. The molecule has 1 aromatic carbocycles. The maximum atomic E-state index is 12.4. The largest absolute Gasteiger partial charge is 0.343 e. The smallest absolute Gasteiger partial charge is 0.251 e. The molecule has 0 spiro atoms. The minimum Gasteiger partial charge on any atom is -0.343 e. The normalized spacial score (nSPS) is 11.9. The number of benzene rings is 1. The fourth-order valence-corrected chi connectivity index (χ4v) is 2.86. The summed E-state index contributed by atoms with van der Waals surface area (Å²) in [5.74, 6) is 0.0725. The van der Waals surface area contributed by atoms with Gasteiger partial charge in [0.05, 0.1) is 6.54 Å². The second-order valence-corrected chi connectivity index (χ2v) is 7.47. The number of rotatable bonds is 7. The van der Waals surface area contributed by atoms with Gasteiger partial charge in [-0.25, -0.2) is 0 Å². The molecule has 0 aliphatic heterocycles. The van der Waals surface area contributed by atoms with Gasteiger partial charge >= 0.3 is 0 Å². The molecule has 2 N–H and O–H groups in total. The van der Waals surface area contributed by atoms with Gasteiger partial charge in [0.15, 0.2) is 0 Å². The molecule has 2 heterocycles. The quantitative estimate of drug-likeness (QED) is 0.623. The third-order valence-electron chi connectivity index (χ3n) is 4.79. The summed E-state index contributed by atoms with van der Waals surface area (Å²) in [5, 5.41) is 9.48. The predicted octanol–water partition coefficient (Wildman–Crippen LogP) is 2.99. The lowest BCUT2D eigenvalue weighted by Crippen LogP contribution is -2.40. The molecule has 0 aliphatic rings. The van der Waals surface area contributed by atoms with E-state index in [1.165, 1.54) is 0 Å². The monoisotopic (exact) mass is 407 g/mol. The Kier molecular flexibility index (Phi) is 6.56. The molecule has 0 saturated heterocycles. The molecule has 8 heteroatoms. The number of aromatic nitrogens is 3. The van der Waals surface area contributed by atoms with Crippen LogP contribution in [0.5, 0.6) is 0 Å². The molecule has 1 atom stereocenters. The summed E-state index contributed by atoms with van der Waals surface area (Å²) < 4.78 is 5.37. The van der Waals surface area contributed by atoms with Crippen LogP contribution in [0.4, 0.5) is 0 Å². The van der Waals surface area contributed by atoms with Crippen molar-refractivity contribution in [3.8, 4) is 11.4 Å². The molecule has 2 amide bonds. The number of hydrogen-bond donors (Lipinski definition) is 2. The highest BCUT2D eigenvalue weighted by atomic mass is 16.5. The van der Waals surface area contributed by atoms with Crippen molar-refractivity contribution in [2.45, 2.75) is 33.7 Å². The Morgan fingerprint density at radius 3 is 2.60 bits per heavy atom. The average molecular weight is 407 g/mol. The lowest BCUT2D eigenvalue weighted by Gasteiger charge is -2.18. The van der Waals surface area contributed by atoms with Crippen molar-refractivity contribution in [2.75, 3.05) is 6.54 Å². The highest BCUT2D eigenvalue weighted by molar-refractivity contribution is 5.96. The number of nitrogens with one attached hydrogen (secondary N) is 2. The molecule has 0 radical (unpaired) electrons. The van der Waals surface area contributed by atoms with Crippen molar-refractivity contribution < 1.29 is 14.1 Å². The van der Waals surface area contributed by atoms with Crippen molar-refractivity contribution in [1.82, 2.24) is 25.8 Å². The predicted molar refractivity (Wildman–Crippen MR) is 111 cm³/mol. The molecule has 3 rings (SSSR count). The first-order chi connectivity index (χ1) is 14.3. The van der Waals surface area contributed by atoms with Crippen LogP contribution < -0.4 is 10.6 Å². The molecule has 2 aromatic heterocycles. The van der Waals surface area contributed by atoms with Crippen LogP contribution in [0.25, 0.3) is 11.4 Å². The lowest BCUT2D eigenvalue weighted by molar-refractivity contribution is -0.121. The van der Waals surface area contributed by atoms with Crippen molar-refractivity contribution in [3.63, 3.8) is 0 Å². The number of aryl methyl sites for hydroxylation is 2. The number of amides is 2. The van der Waals surface area contributed by atoms with Crippen LogP contribution in [0.1, 0.15) is 47.3 Å². The van der Waals surface area contributed by atoms with Gasteiger partial charge in [-0.2, -0.15) is 4.98 Å². The van der Waals surface area contributed by atoms with E-state index in [1.807, 2.05) is 39.8 Å². The third kappa shape index (κ3) is 5.08. The van der Waals surface area contributed by atoms with Gasteiger partial charge in [-0.1, -0.05) is 25.1 Å². The Morgan fingerprint density at radius 1 is 1.13 bits per heavy atom. The highest BCUT2D eigenvalue weighted by Crippen LogP contribution is 2.23. The lowest BCUT2D eigenvalue weighted by atomic mass is 10.0. The molecule has 0 aliphatic carbocycles. The summed E-state index contributed by atoms with van der Waals surface area (Å²) in [5.41, 5.74) is 3.37. The summed E-state index contributed by atoms with van der Waals surface area (Å²) in [6, 6.07) is 8.56. The van der Waals surface area contributed by atoms with E-state index in [0.717, 1.165) is 16.7 Å². The van der Waals surface area contributed by atoms with Gasteiger partial charge in [-0.3, -0.25) is 14.6 Å². The van der Waals surface area contributed by atoms with E-state index in [2.05, 4.69) is 25.8 Å². The van der Waals surface area contributed by atoms with Crippen LogP contribution >= 0.6 is 0 Å². The van der Waals surface area contributed by atoms with Crippen LogP contribution in [0.3, 0.4) is 0 Å². The molecular formula is C22H25N5O3. The van der Waals surface area contributed by atoms with E-state index >= 15 is 0 Å². The van der Waals surface area contributed by atoms with E-state index in [4.69, 9.17) is 4.52 Å². The molecule has 3 aromatic rings. The molecule has 30 heavy (non-hydrogen) atoms. The Morgan fingerprint density at radius 2 is 1.93 bits per heavy atom. The summed E-state index contributed by atoms with van der Waals surface area (Å²) in [6.07, 6.45) is 3.30. The number of carbonyl (C=O) groups excluding carboxylic acids is 2. The first-order valence-corrected chi connectivity index (χ1v) is 9.74. The molecule has 156 valence electrons. The highest BCUT2D eigenvalue weighted by Gasteiger charge is 2.25. The van der Waals surface area contributed by atoms with Gasteiger partial charge in [-0.15, -0.1) is 0 Å². The number of carbonyl (C=O) groups is 2. The van der Waals surface area contributed by atoms with Crippen molar-refractivity contribution in [2.24, 2.45) is 5.92 Å². The van der Waals surface area contributed by atoms with Gasteiger partial charge in [-0.05, 0) is 55.2 Å². The van der Waals surface area contributed by atoms with E-state index in [1.54, 1.807) is 30.6 Å². The zero-order valence-corrected chi connectivity index (χ0v) is 17.5. The number of hydrogen-bond acceptors (Lipinski definition) is 6. The van der Waals surface area contributed by atoms with Crippen LogP contribution in [-0.4, -0.2) is 33.5 Å². The minimum absolute atomic E-state index is 0.00611. The summed E-state index contributed by atoms with van der Waals surface area (Å²) in [7, 11) is 0. The molecule has 0 bridgehead atoms. The summed E-state index contributed by atoms with van der Waals surface area (Å²) >= 11 is 0. The maximum Gasteiger partial charge on any atom is 0.251 e. The Hall–Kier alpha value is -3.55. The molecule has 0 fully saturated rings. The fraction of sp³-hybridized carbons (Fsp3) is 0.318. The van der Waals surface area contributed by atoms with Gasteiger partial charge in [0.25, 0.3) is 5.91 Å². The van der Waals surface area contributed by atoms with Crippen LogP contribution in [0, 0.1) is 19.8 Å². The van der Waals surface area contributed by atoms with Gasteiger partial charge in [0.1, 0.15) is 6.04 Å². The van der Waals surface area contributed by atoms with Crippen molar-refractivity contribution in [3.05, 3.63) is 65.3 Å². The SMILES string of the molecule is Cc1ccc(C(=O)NCC(=O)NC(c2nc(-c3cccnc3)no2)C(C)C)cc1C. The van der Waals surface area contributed by atoms with Gasteiger partial charge in [0.2, 0.25) is 17.6 Å². The van der Waals surface area contributed by atoms with E-state index in [9.17, 15) is 9.59 Å². The fourth-order valence-electron chi connectivity index (χ4n) is 2.86. The topological polar surface area (TPSA) is 110 Å². The van der Waals surface area contributed by atoms with E-state index in [-0.39, 0.29) is 24.3 Å². The zero-order valence-electron chi connectivity index (χ0n) is 17.5. The second-order valence-electron chi connectivity index (χ2n) is 7.47. The Balaban J connectivity index is 1.62. The van der Waals surface area contributed by atoms with Crippen LogP contribution in [0.15, 0.2) is 47.2 Å². The summed E-state index contributed by atoms with van der Waals surface area (Å²) in [4.78, 5) is 33.2. The van der Waals surface area contributed by atoms with Crippen LogP contribution in [-0.2, 0) is 4.79 Å². The molecule has 0 saturated carbocycles. The summed E-state index contributed by atoms with van der Waals surface area (Å²) in [6.45, 7) is 7.64. The number of nitrogens with zero attached hydrogens (tertiary/aromatic N) is 3. The minimum atomic E-state index is -0.478. The van der Waals surface area contributed by atoms with Crippen molar-refractivity contribution in [1.29, 1.82) is 0 Å². The molecule has 1 unspecified atom stereocenters. The van der Waals surface area contributed by atoms with Crippen LogP contribution in [0.2, 0.25) is 0 Å². The standard InChI is InChI=1S/C22H25N5O3/c1-13(2)19(22-26-20(27-30-22)17-6-5-9-23-11-17)25-18(28)12-24-21(29)16-8-7-14(3)15(4)10-16/h5-11,13,19H,12H2,1-4H3,(H,24,29)(H,25,28). The van der Waals surface area contributed by atoms with Crippen molar-refractivity contribution >= 4 is 11.8 Å². The second kappa shape index (κ2) is 9.30. The Bertz CT molecular complexity index is 1030. The maximum absolute atomic E-state index is 12.4. The van der Waals surface area contributed by atoms with Gasteiger partial charge < -0.3 is 15.2 Å². The van der Waals surface area contributed by atoms with E-state index in [0.29, 0.717) is 17.3 Å². The van der Waals surface area contributed by atoms with E-state index < -0.39 is 6.04 Å². The average Bonchev–Trinajstić information content (AvgIpc) is 3.22. The molecule has 8 nitrogen and oxygen atoms in total. The third-order valence-corrected chi connectivity index (χ3v) is 4.79. The zero-order chi connectivity index (χ0) is 21.7.